The van der Waals surface area contributed by atoms with Gasteiger partial charge in [0.15, 0.2) is 17.9 Å². The quantitative estimate of drug-likeness (QED) is 0.742. The van der Waals surface area contributed by atoms with Gasteiger partial charge in [0, 0.05) is 11.8 Å². The summed E-state index contributed by atoms with van der Waals surface area (Å²) in [5, 5.41) is 15.7. The minimum absolute atomic E-state index is 0.0941. The number of Topliss-reactive ketones (excluding diaryl/α,β-unsaturated/α-hetero) is 1. The van der Waals surface area contributed by atoms with E-state index in [1.165, 1.54) is 37.8 Å². The molecule has 0 aliphatic rings. The molecule has 2 aromatic rings. The van der Waals surface area contributed by atoms with Crippen molar-refractivity contribution in [3.63, 3.8) is 0 Å². The van der Waals surface area contributed by atoms with E-state index in [0.29, 0.717) is 17.0 Å². The summed E-state index contributed by atoms with van der Waals surface area (Å²) >= 11 is 0. The Morgan fingerprint density at radius 2 is 2.04 bits per heavy atom. The topological polar surface area (TPSA) is 111 Å². The molecule has 0 saturated heterocycles. The van der Waals surface area contributed by atoms with E-state index >= 15 is 0 Å². The van der Waals surface area contributed by atoms with E-state index in [4.69, 9.17) is 9.84 Å². The van der Waals surface area contributed by atoms with Gasteiger partial charge in [0.1, 0.15) is 5.75 Å². The van der Waals surface area contributed by atoms with Crippen molar-refractivity contribution in [2.24, 2.45) is 0 Å². The summed E-state index contributed by atoms with van der Waals surface area (Å²) in [6, 6.07) is 6.53. The minimum Gasteiger partial charge on any atom is -0.484 e. The van der Waals surface area contributed by atoms with Crippen LogP contribution in [0, 0.1) is 0 Å². The highest BCUT2D eigenvalue weighted by Crippen LogP contribution is 2.17. The Balaban J connectivity index is 1.95. The van der Waals surface area contributed by atoms with Gasteiger partial charge in [-0.2, -0.15) is 5.10 Å². The lowest BCUT2D eigenvalue weighted by atomic mass is 10.1. The van der Waals surface area contributed by atoms with Crippen molar-refractivity contribution < 1.29 is 24.2 Å². The molecule has 0 aliphatic carbocycles. The summed E-state index contributed by atoms with van der Waals surface area (Å²) in [5.41, 5.74) is -0.373. The second-order valence-corrected chi connectivity index (χ2v) is 5.96. The molecular weight excluding hydrogens is 326 g/mol. The number of carbonyl (C=O) groups excluding carboxylic acids is 2. The highest BCUT2D eigenvalue weighted by Gasteiger charge is 2.30. The third-order valence-corrected chi connectivity index (χ3v) is 3.57. The van der Waals surface area contributed by atoms with Gasteiger partial charge in [-0.1, -0.05) is 12.1 Å². The van der Waals surface area contributed by atoms with E-state index in [-0.39, 0.29) is 12.4 Å². The van der Waals surface area contributed by atoms with Crippen LogP contribution in [-0.4, -0.2) is 39.2 Å². The van der Waals surface area contributed by atoms with Gasteiger partial charge >= 0.3 is 5.97 Å². The Morgan fingerprint density at radius 1 is 1.32 bits per heavy atom. The van der Waals surface area contributed by atoms with Gasteiger partial charge in [0.2, 0.25) is 0 Å². The lowest BCUT2D eigenvalue weighted by molar-refractivity contribution is -0.146. The van der Waals surface area contributed by atoms with Crippen LogP contribution in [0.15, 0.2) is 36.7 Å². The minimum atomic E-state index is -1.23. The third kappa shape index (κ3) is 4.43. The number of rotatable bonds is 7. The van der Waals surface area contributed by atoms with E-state index in [1.807, 2.05) is 0 Å². The zero-order valence-corrected chi connectivity index (χ0v) is 14.1. The van der Waals surface area contributed by atoms with Crippen molar-refractivity contribution in [2.45, 2.75) is 26.3 Å². The average Bonchev–Trinajstić information content (AvgIpc) is 3.02. The molecule has 2 rings (SSSR count). The van der Waals surface area contributed by atoms with Crippen molar-refractivity contribution in [3.8, 4) is 5.75 Å². The van der Waals surface area contributed by atoms with Crippen molar-refractivity contribution >= 4 is 23.3 Å². The van der Waals surface area contributed by atoms with Crippen LogP contribution in [0.1, 0.15) is 31.1 Å². The second kappa shape index (κ2) is 7.16. The smallest absolute Gasteiger partial charge is 0.331 e. The molecule has 0 atom stereocenters. The predicted molar refractivity (Wildman–Crippen MR) is 89.8 cm³/mol. The summed E-state index contributed by atoms with van der Waals surface area (Å²) in [7, 11) is 0. The van der Waals surface area contributed by atoms with E-state index in [2.05, 4.69) is 10.4 Å². The van der Waals surface area contributed by atoms with Crippen molar-refractivity contribution in [1.29, 1.82) is 0 Å². The van der Waals surface area contributed by atoms with Crippen LogP contribution in [0.2, 0.25) is 0 Å². The molecule has 1 heterocycles. The number of nitrogens with zero attached hydrogens (tertiary/aromatic N) is 2. The Morgan fingerprint density at radius 3 is 2.68 bits per heavy atom. The zero-order chi connectivity index (χ0) is 18.6. The molecule has 2 N–H and O–H groups in total. The fourth-order valence-corrected chi connectivity index (χ4v) is 1.94. The molecular formula is C17H19N3O5. The van der Waals surface area contributed by atoms with E-state index < -0.39 is 17.4 Å². The fraction of sp³-hybridized carbons (Fsp3) is 0.294. The Hall–Kier alpha value is -3.16. The highest BCUT2D eigenvalue weighted by atomic mass is 16.5. The summed E-state index contributed by atoms with van der Waals surface area (Å²) in [4.78, 5) is 34.5. The molecule has 1 aromatic carbocycles. The number of hydrogen-bond acceptors (Lipinski definition) is 5. The maximum atomic E-state index is 11.9. The standard InChI is InChI=1S/C17H19N3O5/c1-11(21)12-5-4-6-14(7-12)25-10-15(22)19-13-8-18-20(9-13)17(2,3)16(23)24/h4-9H,10H2,1-3H3,(H,19,22)(H,23,24). The maximum Gasteiger partial charge on any atom is 0.331 e. The molecule has 8 heteroatoms. The molecule has 132 valence electrons. The van der Waals surface area contributed by atoms with Crippen LogP contribution in [-0.2, 0) is 15.1 Å². The Bertz CT molecular complexity index is 810. The number of anilines is 1. The molecule has 1 amide bonds. The lowest BCUT2D eigenvalue weighted by Crippen LogP contribution is -2.35. The zero-order valence-electron chi connectivity index (χ0n) is 14.1. The molecule has 25 heavy (non-hydrogen) atoms. The van der Waals surface area contributed by atoms with E-state index in [0.717, 1.165) is 0 Å². The molecule has 0 saturated carbocycles. The first kappa shape index (κ1) is 18.2. The molecule has 0 unspecified atom stereocenters. The molecule has 0 aliphatic heterocycles. The van der Waals surface area contributed by atoms with Gasteiger partial charge in [-0.25, -0.2) is 4.79 Å². The van der Waals surface area contributed by atoms with Crippen molar-refractivity contribution in [2.75, 3.05) is 11.9 Å². The van der Waals surface area contributed by atoms with Gasteiger partial charge in [-0.3, -0.25) is 14.3 Å². The predicted octanol–water partition coefficient (Wildman–Crippen LogP) is 1.92. The molecule has 8 nitrogen and oxygen atoms in total. The van der Waals surface area contributed by atoms with Crippen LogP contribution in [0.3, 0.4) is 0 Å². The van der Waals surface area contributed by atoms with Gasteiger partial charge in [-0.15, -0.1) is 0 Å². The van der Waals surface area contributed by atoms with E-state index in [9.17, 15) is 14.4 Å². The first-order chi connectivity index (χ1) is 11.7. The summed E-state index contributed by atoms with van der Waals surface area (Å²) in [5.74, 6) is -1.16. The van der Waals surface area contributed by atoms with Gasteiger partial charge in [0.25, 0.3) is 5.91 Å². The Labute approximate surface area is 144 Å². The van der Waals surface area contributed by atoms with Crippen LogP contribution in [0.25, 0.3) is 0 Å². The van der Waals surface area contributed by atoms with Gasteiger partial charge < -0.3 is 15.2 Å². The average molecular weight is 345 g/mol. The second-order valence-electron chi connectivity index (χ2n) is 5.96. The summed E-state index contributed by atoms with van der Waals surface area (Å²) < 4.78 is 6.61. The number of carbonyl (C=O) groups is 3. The van der Waals surface area contributed by atoms with Crippen LogP contribution in [0.5, 0.6) is 5.75 Å². The molecule has 0 fully saturated rings. The third-order valence-electron chi connectivity index (χ3n) is 3.57. The normalized spacial score (nSPS) is 11.0. The number of hydrogen-bond donors (Lipinski definition) is 2. The van der Waals surface area contributed by atoms with Gasteiger partial charge in [0.05, 0.1) is 11.9 Å². The molecule has 0 spiro atoms. The number of ketones is 1. The van der Waals surface area contributed by atoms with Crippen LogP contribution >= 0.6 is 0 Å². The number of carboxylic acid groups (broad SMARTS) is 1. The summed E-state index contributed by atoms with van der Waals surface area (Å²) in [6.07, 6.45) is 2.79. The number of aromatic nitrogens is 2. The SMILES string of the molecule is CC(=O)c1cccc(OCC(=O)Nc2cnn(C(C)(C)C(=O)O)c2)c1. The molecule has 1 aromatic heterocycles. The van der Waals surface area contributed by atoms with Gasteiger partial charge in [-0.05, 0) is 32.9 Å². The number of benzene rings is 1. The summed E-state index contributed by atoms with van der Waals surface area (Å²) in [6.45, 7) is 4.19. The Kier molecular flexibility index (Phi) is 5.21. The molecule has 0 bridgehead atoms. The first-order valence-electron chi connectivity index (χ1n) is 7.52. The lowest BCUT2D eigenvalue weighted by Gasteiger charge is -2.19. The van der Waals surface area contributed by atoms with Crippen LogP contribution in [0.4, 0.5) is 5.69 Å². The number of carboxylic acids is 1. The largest absolute Gasteiger partial charge is 0.484 e. The first-order valence-corrected chi connectivity index (χ1v) is 7.52. The number of ether oxygens (including phenoxy) is 1. The van der Waals surface area contributed by atoms with Crippen molar-refractivity contribution in [1.82, 2.24) is 9.78 Å². The van der Waals surface area contributed by atoms with Crippen LogP contribution < -0.4 is 10.1 Å². The number of amides is 1. The highest BCUT2D eigenvalue weighted by molar-refractivity contribution is 5.94. The van der Waals surface area contributed by atoms with E-state index in [1.54, 1.807) is 24.3 Å². The number of aliphatic carboxylic acids is 1. The fourth-order valence-electron chi connectivity index (χ4n) is 1.94. The van der Waals surface area contributed by atoms with Crippen molar-refractivity contribution in [3.05, 3.63) is 42.2 Å². The molecule has 0 radical (unpaired) electrons. The maximum absolute atomic E-state index is 11.9. The monoisotopic (exact) mass is 345 g/mol. The number of nitrogens with one attached hydrogen (secondary N) is 1.